The summed E-state index contributed by atoms with van der Waals surface area (Å²) in [6.07, 6.45) is 9.71. The van der Waals surface area contributed by atoms with Crippen LogP contribution in [0.25, 0.3) is 0 Å². The van der Waals surface area contributed by atoms with Gasteiger partial charge in [-0.05, 0) is 39.3 Å². The summed E-state index contributed by atoms with van der Waals surface area (Å²) in [5.74, 6) is 0.945. The van der Waals surface area contributed by atoms with Crippen LogP contribution in [0.5, 0.6) is 0 Å². The van der Waals surface area contributed by atoms with Gasteiger partial charge in [-0.2, -0.15) is 0 Å². The minimum absolute atomic E-state index is 0.205. The average molecular weight is 303 g/mol. The molecule has 120 valence electrons. The van der Waals surface area contributed by atoms with Crippen molar-refractivity contribution in [2.75, 3.05) is 38.6 Å². The monoisotopic (exact) mass is 303 g/mol. The van der Waals surface area contributed by atoms with E-state index in [9.17, 15) is 4.79 Å². The average Bonchev–Trinajstić information content (AvgIpc) is 3.16. The van der Waals surface area contributed by atoms with E-state index in [1.54, 1.807) is 18.6 Å². The van der Waals surface area contributed by atoms with Gasteiger partial charge in [0.1, 0.15) is 5.82 Å². The van der Waals surface area contributed by atoms with E-state index in [1.165, 1.54) is 12.8 Å². The molecular formula is C16H25N5O. The predicted octanol–water partition coefficient (Wildman–Crippen LogP) is 0.998. The molecule has 2 aliphatic rings. The normalized spacial score (nSPS) is 25.6. The van der Waals surface area contributed by atoms with Gasteiger partial charge in [0.25, 0.3) is 0 Å². The van der Waals surface area contributed by atoms with Gasteiger partial charge in [0, 0.05) is 38.1 Å². The van der Waals surface area contributed by atoms with Crippen molar-refractivity contribution in [1.82, 2.24) is 19.8 Å². The molecule has 1 aromatic heterocycles. The third-order valence-electron chi connectivity index (χ3n) is 4.95. The van der Waals surface area contributed by atoms with E-state index in [0.29, 0.717) is 18.6 Å². The summed E-state index contributed by atoms with van der Waals surface area (Å²) in [5, 5.41) is 0. The topological polar surface area (TPSA) is 52.6 Å². The first kappa shape index (κ1) is 15.2. The summed E-state index contributed by atoms with van der Waals surface area (Å²) < 4.78 is 0. The highest BCUT2D eigenvalue weighted by Gasteiger charge is 2.38. The second-order valence-electron chi connectivity index (χ2n) is 6.41. The fourth-order valence-electron chi connectivity index (χ4n) is 3.79. The second-order valence-corrected chi connectivity index (χ2v) is 6.41. The van der Waals surface area contributed by atoms with Crippen LogP contribution in [0.1, 0.15) is 25.7 Å². The molecule has 0 bridgehead atoms. The zero-order valence-electron chi connectivity index (χ0n) is 13.5. The Morgan fingerprint density at radius 2 is 2.05 bits per heavy atom. The lowest BCUT2D eigenvalue weighted by Crippen LogP contribution is -2.49. The number of likely N-dealkylation sites (N-methyl/N-ethyl adjacent to an activating group) is 2. The fourth-order valence-corrected chi connectivity index (χ4v) is 3.79. The molecule has 1 aromatic rings. The van der Waals surface area contributed by atoms with Crippen molar-refractivity contribution in [2.24, 2.45) is 0 Å². The van der Waals surface area contributed by atoms with Gasteiger partial charge in [-0.3, -0.25) is 9.78 Å². The zero-order valence-corrected chi connectivity index (χ0v) is 13.5. The Kier molecular flexibility index (Phi) is 4.57. The Morgan fingerprint density at radius 1 is 1.27 bits per heavy atom. The lowest BCUT2D eigenvalue weighted by atomic mass is 10.0. The molecule has 3 heterocycles. The summed E-state index contributed by atoms with van der Waals surface area (Å²) >= 11 is 0. The molecule has 0 aromatic carbocycles. The number of carbonyl (C=O) groups excluding carboxylic acids is 1. The third kappa shape index (κ3) is 3.06. The lowest BCUT2D eigenvalue weighted by molar-refractivity contribution is -0.131. The summed E-state index contributed by atoms with van der Waals surface area (Å²) in [6, 6.07) is 0.920. The molecule has 0 spiro atoms. The van der Waals surface area contributed by atoms with Crippen molar-refractivity contribution in [3.05, 3.63) is 18.6 Å². The minimum Gasteiger partial charge on any atom is -0.349 e. The maximum Gasteiger partial charge on any atom is 0.242 e. The van der Waals surface area contributed by atoms with Crippen LogP contribution < -0.4 is 4.90 Å². The summed E-state index contributed by atoms with van der Waals surface area (Å²) in [7, 11) is 4.08. The lowest BCUT2D eigenvalue weighted by Gasteiger charge is -2.34. The molecule has 6 nitrogen and oxygen atoms in total. The zero-order chi connectivity index (χ0) is 15.5. The number of aromatic nitrogens is 2. The van der Waals surface area contributed by atoms with Gasteiger partial charge in [-0.15, -0.1) is 0 Å². The first-order valence-electron chi connectivity index (χ1n) is 8.13. The third-order valence-corrected chi connectivity index (χ3v) is 4.95. The van der Waals surface area contributed by atoms with Crippen molar-refractivity contribution in [3.63, 3.8) is 0 Å². The van der Waals surface area contributed by atoms with Gasteiger partial charge in [0.05, 0.1) is 12.7 Å². The van der Waals surface area contributed by atoms with Crippen LogP contribution in [-0.4, -0.2) is 71.5 Å². The van der Waals surface area contributed by atoms with Gasteiger partial charge < -0.3 is 14.7 Å². The van der Waals surface area contributed by atoms with Crippen molar-refractivity contribution in [3.8, 4) is 0 Å². The molecule has 0 radical (unpaired) electrons. The summed E-state index contributed by atoms with van der Waals surface area (Å²) in [4.78, 5) is 27.4. The van der Waals surface area contributed by atoms with Gasteiger partial charge in [-0.1, -0.05) is 0 Å². The van der Waals surface area contributed by atoms with E-state index in [1.807, 2.05) is 11.9 Å². The van der Waals surface area contributed by atoms with Crippen molar-refractivity contribution in [1.29, 1.82) is 0 Å². The van der Waals surface area contributed by atoms with Crippen LogP contribution in [0.15, 0.2) is 18.6 Å². The van der Waals surface area contributed by atoms with Gasteiger partial charge >= 0.3 is 0 Å². The smallest absolute Gasteiger partial charge is 0.242 e. The Morgan fingerprint density at radius 3 is 2.73 bits per heavy atom. The van der Waals surface area contributed by atoms with Gasteiger partial charge in [0.15, 0.2) is 0 Å². The van der Waals surface area contributed by atoms with E-state index in [2.05, 4.69) is 26.8 Å². The number of likely N-dealkylation sites (tertiary alicyclic amines) is 2. The maximum atomic E-state index is 12.7. The van der Waals surface area contributed by atoms with Gasteiger partial charge in [0.2, 0.25) is 5.91 Å². The molecule has 2 fully saturated rings. The van der Waals surface area contributed by atoms with Crippen LogP contribution in [0, 0.1) is 0 Å². The van der Waals surface area contributed by atoms with Crippen LogP contribution >= 0.6 is 0 Å². The molecule has 0 saturated carbocycles. The molecule has 0 unspecified atom stereocenters. The highest BCUT2D eigenvalue weighted by Crippen LogP contribution is 2.29. The fraction of sp³-hybridized carbons (Fsp3) is 0.688. The Hall–Kier alpha value is -1.69. The van der Waals surface area contributed by atoms with Crippen molar-refractivity contribution >= 4 is 11.7 Å². The standard InChI is InChI=1S/C16H25N5O/c1-19-9-3-5-13(19)14-6-4-10-21(14)16(22)12-20(2)15-11-17-7-8-18-15/h7-8,11,13-14H,3-6,9-10,12H2,1-2H3/t13-,14-/m0/s1. The summed E-state index contributed by atoms with van der Waals surface area (Å²) in [5.41, 5.74) is 0. The van der Waals surface area contributed by atoms with E-state index >= 15 is 0 Å². The van der Waals surface area contributed by atoms with E-state index in [0.717, 1.165) is 31.7 Å². The predicted molar refractivity (Wildman–Crippen MR) is 85.7 cm³/mol. The summed E-state index contributed by atoms with van der Waals surface area (Å²) in [6.45, 7) is 2.41. The Balaban J connectivity index is 1.63. The molecule has 22 heavy (non-hydrogen) atoms. The number of amides is 1. The highest BCUT2D eigenvalue weighted by molar-refractivity contribution is 5.81. The van der Waals surface area contributed by atoms with Crippen LogP contribution in [0.2, 0.25) is 0 Å². The molecule has 2 saturated heterocycles. The number of nitrogens with zero attached hydrogens (tertiary/aromatic N) is 5. The van der Waals surface area contributed by atoms with E-state index < -0.39 is 0 Å². The van der Waals surface area contributed by atoms with Crippen molar-refractivity contribution in [2.45, 2.75) is 37.8 Å². The second kappa shape index (κ2) is 6.60. The molecule has 3 rings (SSSR count). The molecule has 2 atom stereocenters. The van der Waals surface area contributed by atoms with Crippen LogP contribution in [0.3, 0.4) is 0 Å². The SMILES string of the molecule is CN(CC(=O)N1CCC[C@H]1[C@@H]1CCCN1C)c1cnccn1. The number of anilines is 1. The van der Waals surface area contributed by atoms with E-state index in [4.69, 9.17) is 0 Å². The van der Waals surface area contributed by atoms with E-state index in [-0.39, 0.29) is 5.91 Å². The van der Waals surface area contributed by atoms with Gasteiger partial charge in [-0.25, -0.2) is 4.98 Å². The van der Waals surface area contributed by atoms with Crippen LogP contribution in [0.4, 0.5) is 5.82 Å². The van der Waals surface area contributed by atoms with Crippen LogP contribution in [-0.2, 0) is 4.79 Å². The number of rotatable bonds is 4. The molecule has 1 amide bonds. The number of hydrogen-bond acceptors (Lipinski definition) is 5. The highest BCUT2D eigenvalue weighted by atomic mass is 16.2. The van der Waals surface area contributed by atoms with Crippen molar-refractivity contribution < 1.29 is 4.79 Å². The molecule has 6 heteroatoms. The first-order valence-corrected chi connectivity index (χ1v) is 8.13. The first-order chi connectivity index (χ1) is 10.7. The molecule has 0 aliphatic carbocycles. The molecule has 0 N–H and O–H groups in total. The number of carbonyl (C=O) groups is 1. The maximum absolute atomic E-state index is 12.7. The number of hydrogen-bond donors (Lipinski definition) is 0. The molecular weight excluding hydrogens is 278 g/mol. The quantitative estimate of drug-likeness (QED) is 0.830. The Labute approximate surface area is 132 Å². The Bertz CT molecular complexity index is 509. The largest absolute Gasteiger partial charge is 0.349 e. The molecule has 2 aliphatic heterocycles. The minimum atomic E-state index is 0.205.